The van der Waals surface area contributed by atoms with Crippen LogP contribution in [0.4, 0.5) is 0 Å². The summed E-state index contributed by atoms with van der Waals surface area (Å²) in [4.78, 5) is 17.2. The summed E-state index contributed by atoms with van der Waals surface area (Å²) in [5, 5.41) is 3.07. The Balaban J connectivity index is 1.63. The van der Waals surface area contributed by atoms with E-state index < -0.39 is 0 Å². The molecule has 1 heterocycles. The molecule has 3 heteroatoms. The molecule has 0 spiro atoms. The van der Waals surface area contributed by atoms with Crippen molar-refractivity contribution >= 4 is 5.91 Å². The maximum atomic E-state index is 12.5. The molecule has 4 aliphatic carbocycles. The molecule has 0 aliphatic heterocycles. The van der Waals surface area contributed by atoms with E-state index in [0.29, 0.717) is 0 Å². The van der Waals surface area contributed by atoms with E-state index in [2.05, 4.69) is 11.4 Å². The average Bonchev–Trinajstić information content (AvgIpc) is 2.44. The van der Waals surface area contributed by atoms with Crippen molar-refractivity contribution in [1.82, 2.24) is 10.3 Å². The van der Waals surface area contributed by atoms with E-state index in [1.807, 2.05) is 33.0 Å². The van der Waals surface area contributed by atoms with Gasteiger partial charge in [-0.05, 0) is 89.2 Å². The number of carbonyl (C=O) groups is 1. The number of carbonyl (C=O) groups excluding carboxylic acids is 1. The van der Waals surface area contributed by atoms with Crippen LogP contribution in [0.1, 0.15) is 75.3 Å². The summed E-state index contributed by atoms with van der Waals surface area (Å²) in [7, 11) is 0. The summed E-state index contributed by atoms with van der Waals surface area (Å²) in [5.41, 5.74) is 1.99. The third kappa shape index (κ3) is 2.79. The zero-order valence-electron chi connectivity index (χ0n) is 14.6. The van der Waals surface area contributed by atoms with Crippen LogP contribution in [-0.2, 0) is 5.41 Å². The Morgan fingerprint density at radius 2 is 1.70 bits per heavy atom. The summed E-state index contributed by atoms with van der Waals surface area (Å²) >= 11 is 0. The van der Waals surface area contributed by atoms with Crippen LogP contribution in [0.5, 0.6) is 0 Å². The van der Waals surface area contributed by atoms with Crippen molar-refractivity contribution in [2.45, 2.75) is 70.3 Å². The van der Waals surface area contributed by atoms with Gasteiger partial charge in [-0.25, -0.2) is 0 Å². The van der Waals surface area contributed by atoms with Gasteiger partial charge in [0.25, 0.3) is 5.91 Å². The molecular formula is C20H28N2O. The average molecular weight is 312 g/mol. The van der Waals surface area contributed by atoms with Gasteiger partial charge >= 0.3 is 0 Å². The van der Waals surface area contributed by atoms with Crippen molar-refractivity contribution in [3.05, 3.63) is 29.6 Å². The van der Waals surface area contributed by atoms with E-state index in [-0.39, 0.29) is 16.9 Å². The van der Waals surface area contributed by atoms with Crippen molar-refractivity contribution in [3.63, 3.8) is 0 Å². The minimum atomic E-state index is -0.207. The van der Waals surface area contributed by atoms with Crippen molar-refractivity contribution < 1.29 is 4.79 Å². The summed E-state index contributed by atoms with van der Waals surface area (Å²) in [6, 6.07) is 3.93. The molecule has 1 amide bonds. The van der Waals surface area contributed by atoms with Gasteiger partial charge in [0, 0.05) is 28.4 Å². The lowest BCUT2D eigenvalue weighted by Gasteiger charge is -2.56. The Morgan fingerprint density at radius 3 is 2.22 bits per heavy atom. The lowest BCUT2D eigenvalue weighted by atomic mass is 9.48. The van der Waals surface area contributed by atoms with Gasteiger partial charge in [-0.3, -0.25) is 9.78 Å². The zero-order valence-corrected chi connectivity index (χ0v) is 14.6. The van der Waals surface area contributed by atoms with E-state index in [1.54, 1.807) is 0 Å². The predicted octanol–water partition coefficient (Wildman–Crippen LogP) is 4.08. The van der Waals surface area contributed by atoms with Crippen LogP contribution in [0.25, 0.3) is 0 Å². The second-order valence-electron chi connectivity index (χ2n) is 9.33. The number of rotatable bonds is 2. The molecule has 0 radical (unpaired) electrons. The van der Waals surface area contributed by atoms with Crippen LogP contribution < -0.4 is 5.32 Å². The molecule has 4 aliphatic rings. The maximum Gasteiger partial charge on any atom is 0.251 e. The first kappa shape index (κ1) is 15.2. The van der Waals surface area contributed by atoms with Crippen LogP contribution >= 0.6 is 0 Å². The Bertz CT molecular complexity index is 593. The highest BCUT2D eigenvalue weighted by Crippen LogP contribution is 2.60. The zero-order chi connectivity index (χ0) is 16.2. The molecular weight excluding hydrogens is 284 g/mol. The van der Waals surface area contributed by atoms with Crippen LogP contribution in [0.3, 0.4) is 0 Å². The number of aromatic nitrogens is 1. The van der Waals surface area contributed by atoms with Gasteiger partial charge in [0.05, 0.1) is 0 Å². The number of nitrogens with zero attached hydrogens (tertiary/aromatic N) is 1. The van der Waals surface area contributed by atoms with Gasteiger partial charge in [0.2, 0.25) is 0 Å². The first-order valence-electron chi connectivity index (χ1n) is 9.12. The molecule has 1 aromatic heterocycles. The number of pyridine rings is 1. The van der Waals surface area contributed by atoms with Crippen LogP contribution in [0.2, 0.25) is 0 Å². The minimum absolute atomic E-state index is 0.0193. The lowest BCUT2D eigenvalue weighted by molar-refractivity contribution is -0.00722. The fourth-order valence-electron chi connectivity index (χ4n) is 5.70. The number of nitrogens with one attached hydrogen (secondary N) is 1. The molecule has 1 aromatic rings. The molecule has 4 bridgehead atoms. The van der Waals surface area contributed by atoms with Gasteiger partial charge < -0.3 is 5.32 Å². The normalized spacial score (nSPS) is 35.3. The van der Waals surface area contributed by atoms with E-state index >= 15 is 0 Å². The second kappa shape index (κ2) is 5.06. The number of hydrogen-bond donors (Lipinski definition) is 1. The molecule has 1 N–H and O–H groups in total. The summed E-state index contributed by atoms with van der Waals surface area (Å²) < 4.78 is 0. The molecule has 124 valence electrons. The summed E-state index contributed by atoms with van der Waals surface area (Å²) in [5.74, 6) is 2.71. The maximum absolute atomic E-state index is 12.5. The van der Waals surface area contributed by atoms with E-state index in [4.69, 9.17) is 4.98 Å². The molecule has 0 unspecified atom stereocenters. The van der Waals surface area contributed by atoms with Gasteiger partial charge in [0.15, 0.2) is 0 Å². The third-order valence-corrected chi connectivity index (χ3v) is 6.09. The van der Waals surface area contributed by atoms with E-state index in [0.717, 1.165) is 23.3 Å². The van der Waals surface area contributed by atoms with Gasteiger partial charge in [-0.2, -0.15) is 0 Å². The molecule has 4 fully saturated rings. The smallest absolute Gasteiger partial charge is 0.251 e. The number of amides is 1. The molecule has 3 nitrogen and oxygen atoms in total. The van der Waals surface area contributed by atoms with Crippen LogP contribution in [-0.4, -0.2) is 16.4 Å². The Morgan fingerprint density at radius 1 is 1.13 bits per heavy atom. The predicted molar refractivity (Wildman–Crippen MR) is 91.3 cm³/mol. The summed E-state index contributed by atoms with van der Waals surface area (Å²) in [6.45, 7) is 6.06. The molecule has 5 rings (SSSR count). The molecule has 0 atom stereocenters. The highest BCUT2D eigenvalue weighted by Gasteiger charge is 2.52. The monoisotopic (exact) mass is 312 g/mol. The SMILES string of the molecule is CC(C)(C)NC(=O)c1ccnc(C23CC4CC(CC(C4)C2)C3)c1. The van der Waals surface area contributed by atoms with Crippen molar-refractivity contribution in [2.24, 2.45) is 17.8 Å². The van der Waals surface area contributed by atoms with Gasteiger partial charge in [0.1, 0.15) is 0 Å². The standard InChI is InChI=1S/C20H28N2O/c1-19(2,3)22-18(23)16-4-5-21-17(9-16)20-10-13-6-14(11-20)8-15(7-13)12-20/h4-5,9,13-15H,6-8,10-12H2,1-3H3,(H,22,23). The molecule has 0 aromatic carbocycles. The van der Waals surface area contributed by atoms with Crippen LogP contribution in [0, 0.1) is 17.8 Å². The molecule has 23 heavy (non-hydrogen) atoms. The Labute approximate surface area is 139 Å². The van der Waals surface area contributed by atoms with Gasteiger partial charge in [-0.15, -0.1) is 0 Å². The topological polar surface area (TPSA) is 42.0 Å². The largest absolute Gasteiger partial charge is 0.347 e. The molecule has 4 saturated carbocycles. The third-order valence-electron chi connectivity index (χ3n) is 6.09. The first-order valence-corrected chi connectivity index (χ1v) is 9.12. The Hall–Kier alpha value is -1.38. The van der Waals surface area contributed by atoms with Crippen LogP contribution in [0.15, 0.2) is 18.3 Å². The van der Waals surface area contributed by atoms with Crippen molar-refractivity contribution in [3.8, 4) is 0 Å². The fraction of sp³-hybridized carbons (Fsp3) is 0.700. The highest BCUT2D eigenvalue weighted by molar-refractivity contribution is 5.94. The molecule has 0 saturated heterocycles. The minimum Gasteiger partial charge on any atom is -0.347 e. The Kier molecular flexibility index (Phi) is 3.33. The lowest BCUT2D eigenvalue weighted by Crippen LogP contribution is -2.49. The van der Waals surface area contributed by atoms with Crippen molar-refractivity contribution in [1.29, 1.82) is 0 Å². The second-order valence-corrected chi connectivity index (χ2v) is 9.33. The fourth-order valence-corrected chi connectivity index (χ4v) is 5.70. The van der Waals surface area contributed by atoms with E-state index in [1.165, 1.54) is 44.2 Å². The van der Waals surface area contributed by atoms with Gasteiger partial charge in [-0.1, -0.05) is 0 Å². The van der Waals surface area contributed by atoms with E-state index in [9.17, 15) is 4.79 Å². The van der Waals surface area contributed by atoms with Crippen molar-refractivity contribution in [2.75, 3.05) is 0 Å². The summed E-state index contributed by atoms with van der Waals surface area (Å²) in [6.07, 6.45) is 10.0. The quantitative estimate of drug-likeness (QED) is 0.894. The number of hydrogen-bond acceptors (Lipinski definition) is 2. The first-order chi connectivity index (χ1) is 10.8. The highest BCUT2D eigenvalue weighted by atomic mass is 16.1.